The number of fused-ring (bicyclic) bond motifs is 1. The predicted octanol–water partition coefficient (Wildman–Crippen LogP) is 1.73. The van der Waals surface area contributed by atoms with Crippen LogP contribution in [0.4, 0.5) is 5.69 Å². The monoisotopic (exact) mass is 305 g/mol. The summed E-state index contributed by atoms with van der Waals surface area (Å²) in [4.78, 5) is 4.46. The largest absolute Gasteiger partial charge is 0.490 e. The molecule has 1 saturated carbocycles. The SMILES string of the molecule is CC1(C)C(O)CC1N=C(N)Nc1ccc2c(c1)OCCCO2. The summed E-state index contributed by atoms with van der Waals surface area (Å²) >= 11 is 0. The quantitative estimate of drug-likeness (QED) is 0.572. The van der Waals surface area contributed by atoms with Crippen molar-refractivity contribution in [3.05, 3.63) is 18.2 Å². The Kier molecular flexibility index (Phi) is 3.87. The van der Waals surface area contributed by atoms with Crippen molar-refractivity contribution in [2.24, 2.45) is 16.1 Å². The molecule has 6 nitrogen and oxygen atoms in total. The van der Waals surface area contributed by atoms with Crippen LogP contribution in [0.3, 0.4) is 0 Å². The van der Waals surface area contributed by atoms with E-state index < -0.39 is 0 Å². The molecule has 0 spiro atoms. The number of anilines is 1. The van der Waals surface area contributed by atoms with Gasteiger partial charge in [-0.2, -0.15) is 0 Å². The Morgan fingerprint density at radius 3 is 2.73 bits per heavy atom. The van der Waals surface area contributed by atoms with Gasteiger partial charge in [0.1, 0.15) is 0 Å². The highest BCUT2D eigenvalue weighted by molar-refractivity contribution is 5.92. The Morgan fingerprint density at radius 2 is 2.05 bits per heavy atom. The smallest absolute Gasteiger partial charge is 0.193 e. The molecule has 0 aromatic heterocycles. The van der Waals surface area contributed by atoms with Crippen LogP contribution in [-0.4, -0.2) is 36.4 Å². The van der Waals surface area contributed by atoms with Crippen LogP contribution in [0.2, 0.25) is 0 Å². The first-order valence-electron chi connectivity index (χ1n) is 7.65. The molecule has 0 saturated heterocycles. The minimum absolute atomic E-state index is 0.0374. The molecule has 0 amide bonds. The predicted molar refractivity (Wildman–Crippen MR) is 85.5 cm³/mol. The van der Waals surface area contributed by atoms with Crippen LogP contribution in [0.1, 0.15) is 26.7 Å². The van der Waals surface area contributed by atoms with Crippen LogP contribution in [0.15, 0.2) is 23.2 Å². The number of nitrogens with zero attached hydrogens (tertiary/aromatic N) is 1. The summed E-state index contributed by atoms with van der Waals surface area (Å²) in [5.74, 6) is 1.82. The van der Waals surface area contributed by atoms with E-state index in [-0.39, 0.29) is 17.6 Å². The highest BCUT2D eigenvalue weighted by atomic mass is 16.5. The molecule has 120 valence electrons. The Morgan fingerprint density at radius 1 is 1.32 bits per heavy atom. The van der Waals surface area contributed by atoms with E-state index in [1.807, 2.05) is 32.0 Å². The minimum atomic E-state index is -0.313. The molecule has 1 aromatic rings. The van der Waals surface area contributed by atoms with Crippen molar-refractivity contribution in [1.29, 1.82) is 0 Å². The number of nitrogens with two attached hydrogens (primary N) is 1. The number of rotatable bonds is 2. The van der Waals surface area contributed by atoms with E-state index in [2.05, 4.69) is 10.3 Å². The van der Waals surface area contributed by atoms with Gasteiger partial charge in [-0.05, 0) is 18.6 Å². The molecule has 2 atom stereocenters. The van der Waals surface area contributed by atoms with Crippen LogP contribution < -0.4 is 20.5 Å². The highest BCUT2D eigenvalue weighted by Gasteiger charge is 2.47. The number of hydrogen-bond acceptors (Lipinski definition) is 4. The molecular formula is C16H23N3O3. The second-order valence-electron chi connectivity index (χ2n) is 6.44. The summed E-state index contributed by atoms with van der Waals surface area (Å²) in [7, 11) is 0. The van der Waals surface area contributed by atoms with E-state index in [0.29, 0.717) is 25.6 Å². The molecule has 1 aliphatic carbocycles. The van der Waals surface area contributed by atoms with Gasteiger partial charge in [0.05, 0.1) is 25.4 Å². The van der Waals surface area contributed by atoms with E-state index in [0.717, 1.165) is 23.6 Å². The van der Waals surface area contributed by atoms with Crippen molar-refractivity contribution >= 4 is 11.6 Å². The first kappa shape index (κ1) is 15.0. The number of aliphatic hydroxyl groups excluding tert-OH is 1. The van der Waals surface area contributed by atoms with Crippen molar-refractivity contribution in [1.82, 2.24) is 0 Å². The zero-order valence-electron chi connectivity index (χ0n) is 13.0. The van der Waals surface area contributed by atoms with Crippen LogP contribution in [0, 0.1) is 5.41 Å². The molecule has 1 aliphatic heterocycles. The summed E-state index contributed by atoms with van der Waals surface area (Å²) in [6.07, 6.45) is 1.21. The van der Waals surface area contributed by atoms with E-state index in [1.165, 1.54) is 0 Å². The average Bonchev–Trinajstić information content (AvgIpc) is 2.71. The fourth-order valence-corrected chi connectivity index (χ4v) is 2.69. The minimum Gasteiger partial charge on any atom is -0.490 e. The van der Waals surface area contributed by atoms with Crippen molar-refractivity contribution in [3.8, 4) is 11.5 Å². The lowest BCUT2D eigenvalue weighted by atomic mass is 9.65. The first-order valence-corrected chi connectivity index (χ1v) is 7.65. The molecule has 4 N–H and O–H groups in total. The Balaban J connectivity index is 1.69. The number of benzene rings is 1. The molecule has 22 heavy (non-hydrogen) atoms. The second-order valence-corrected chi connectivity index (χ2v) is 6.44. The van der Waals surface area contributed by atoms with Gasteiger partial charge in [0.2, 0.25) is 0 Å². The van der Waals surface area contributed by atoms with Crippen LogP contribution in [0.25, 0.3) is 0 Å². The summed E-state index contributed by atoms with van der Waals surface area (Å²) in [5.41, 5.74) is 6.56. The maximum atomic E-state index is 9.75. The number of aliphatic imine (C=N–C) groups is 1. The van der Waals surface area contributed by atoms with E-state index in [9.17, 15) is 5.11 Å². The standard InChI is InChI=1S/C16H23N3O3/c1-16(2)13(9-14(16)20)19-15(17)18-10-4-5-11-12(8-10)22-7-3-6-21-11/h4-5,8,13-14,20H,3,6-7,9H2,1-2H3,(H3,17,18,19). The van der Waals surface area contributed by atoms with Crippen LogP contribution >= 0.6 is 0 Å². The lowest BCUT2D eigenvalue weighted by Crippen LogP contribution is -2.53. The van der Waals surface area contributed by atoms with Crippen LogP contribution in [-0.2, 0) is 0 Å². The fourth-order valence-electron chi connectivity index (χ4n) is 2.69. The molecule has 0 radical (unpaired) electrons. The topological polar surface area (TPSA) is 89.1 Å². The normalized spacial score (nSPS) is 26.8. The maximum absolute atomic E-state index is 9.75. The van der Waals surface area contributed by atoms with Crippen LogP contribution in [0.5, 0.6) is 11.5 Å². The second kappa shape index (κ2) is 5.68. The number of guanidine groups is 1. The zero-order valence-corrected chi connectivity index (χ0v) is 13.0. The summed E-state index contributed by atoms with van der Waals surface area (Å²) in [5, 5.41) is 12.8. The molecule has 1 fully saturated rings. The molecule has 1 heterocycles. The zero-order chi connectivity index (χ0) is 15.7. The van der Waals surface area contributed by atoms with Gasteiger partial charge >= 0.3 is 0 Å². The van der Waals surface area contributed by atoms with Gasteiger partial charge in [-0.25, -0.2) is 4.99 Å². The molecular weight excluding hydrogens is 282 g/mol. The highest BCUT2D eigenvalue weighted by Crippen LogP contribution is 2.42. The Bertz CT molecular complexity index is 586. The third kappa shape index (κ3) is 2.83. The molecule has 2 unspecified atom stereocenters. The van der Waals surface area contributed by atoms with Gasteiger partial charge in [-0.15, -0.1) is 0 Å². The summed E-state index contributed by atoms with van der Waals surface area (Å²) in [6, 6.07) is 5.66. The lowest BCUT2D eigenvalue weighted by molar-refractivity contribution is -0.0576. The lowest BCUT2D eigenvalue weighted by Gasteiger charge is -2.46. The molecule has 1 aromatic carbocycles. The van der Waals surface area contributed by atoms with Crippen molar-refractivity contribution < 1.29 is 14.6 Å². The Hall–Kier alpha value is -1.95. The van der Waals surface area contributed by atoms with Gasteiger partial charge < -0.3 is 25.6 Å². The summed E-state index contributed by atoms with van der Waals surface area (Å²) < 4.78 is 11.2. The van der Waals surface area contributed by atoms with Crippen molar-refractivity contribution in [3.63, 3.8) is 0 Å². The first-order chi connectivity index (χ1) is 10.5. The fraction of sp³-hybridized carbons (Fsp3) is 0.562. The van der Waals surface area contributed by atoms with Crippen molar-refractivity contribution in [2.75, 3.05) is 18.5 Å². The molecule has 2 aliphatic rings. The number of ether oxygens (including phenoxy) is 2. The third-order valence-electron chi connectivity index (χ3n) is 4.48. The summed E-state index contributed by atoms with van der Waals surface area (Å²) in [6.45, 7) is 5.31. The molecule has 0 bridgehead atoms. The van der Waals surface area contributed by atoms with E-state index in [1.54, 1.807) is 0 Å². The number of nitrogens with one attached hydrogen (secondary N) is 1. The average molecular weight is 305 g/mol. The number of aliphatic hydroxyl groups is 1. The number of hydrogen-bond donors (Lipinski definition) is 3. The van der Waals surface area contributed by atoms with Gasteiger partial charge in [0, 0.05) is 23.6 Å². The third-order valence-corrected chi connectivity index (χ3v) is 4.48. The molecule has 6 heteroatoms. The van der Waals surface area contributed by atoms with E-state index in [4.69, 9.17) is 15.2 Å². The van der Waals surface area contributed by atoms with Gasteiger partial charge in [-0.1, -0.05) is 13.8 Å². The Labute approximate surface area is 130 Å². The maximum Gasteiger partial charge on any atom is 0.193 e. The van der Waals surface area contributed by atoms with Gasteiger partial charge in [0.15, 0.2) is 17.5 Å². The van der Waals surface area contributed by atoms with Gasteiger partial charge in [-0.3, -0.25) is 0 Å². The van der Waals surface area contributed by atoms with Gasteiger partial charge in [0.25, 0.3) is 0 Å². The molecule has 3 rings (SSSR count). The van der Waals surface area contributed by atoms with Crippen molar-refractivity contribution in [2.45, 2.75) is 38.8 Å². The van der Waals surface area contributed by atoms with E-state index >= 15 is 0 Å².